The lowest BCUT2D eigenvalue weighted by Crippen LogP contribution is -2.31. The molecule has 8 nitrogen and oxygen atoms in total. The molecule has 2 aromatic rings. The maximum Gasteiger partial charge on any atom is 0.243 e. The van der Waals surface area contributed by atoms with Crippen LogP contribution in [0.5, 0.6) is 0 Å². The van der Waals surface area contributed by atoms with Crippen LogP contribution >= 0.6 is 11.3 Å². The summed E-state index contributed by atoms with van der Waals surface area (Å²) in [6, 6.07) is 6.22. The van der Waals surface area contributed by atoms with Gasteiger partial charge < -0.3 is 10.2 Å². The molecule has 0 spiro atoms. The van der Waals surface area contributed by atoms with Gasteiger partial charge in [-0.25, -0.2) is 13.4 Å². The van der Waals surface area contributed by atoms with E-state index >= 15 is 0 Å². The lowest BCUT2D eigenvalue weighted by atomic mass is 10.1. The van der Waals surface area contributed by atoms with Crippen LogP contribution in [0.25, 0.3) is 0 Å². The van der Waals surface area contributed by atoms with Crippen LogP contribution in [-0.4, -0.2) is 49.2 Å². The highest BCUT2D eigenvalue weighted by atomic mass is 32.2. The molecular formula is C19H24N4O4S2. The molecule has 156 valence electrons. The van der Waals surface area contributed by atoms with Gasteiger partial charge in [-0.1, -0.05) is 13.8 Å². The molecule has 1 aromatic heterocycles. The van der Waals surface area contributed by atoms with Gasteiger partial charge in [-0.05, 0) is 31.2 Å². The van der Waals surface area contributed by atoms with Gasteiger partial charge in [0, 0.05) is 42.8 Å². The summed E-state index contributed by atoms with van der Waals surface area (Å²) in [5, 5.41) is 3.27. The second kappa shape index (κ2) is 8.60. The number of rotatable bonds is 7. The highest BCUT2D eigenvalue weighted by Crippen LogP contribution is 2.28. The summed E-state index contributed by atoms with van der Waals surface area (Å²) in [7, 11) is -3.55. The van der Waals surface area contributed by atoms with Crippen LogP contribution in [0, 0.1) is 12.8 Å². The van der Waals surface area contributed by atoms with Gasteiger partial charge >= 0.3 is 0 Å². The van der Waals surface area contributed by atoms with E-state index < -0.39 is 15.9 Å². The van der Waals surface area contributed by atoms with E-state index in [2.05, 4.69) is 10.3 Å². The Kier molecular flexibility index (Phi) is 6.35. The number of nitrogens with one attached hydrogen (secondary N) is 1. The van der Waals surface area contributed by atoms with Crippen molar-refractivity contribution in [2.24, 2.45) is 5.92 Å². The summed E-state index contributed by atoms with van der Waals surface area (Å²) in [6.45, 7) is 6.50. The normalized spacial score (nSPS) is 17.2. The molecule has 2 amide bonds. The molecule has 2 heterocycles. The van der Waals surface area contributed by atoms with Gasteiger partial charge in [-0.15, -0.1) is 11.3 Å². The molecule has 1 N–H and O–H groups in total. The van der Waals surface area contributed by atoms with Crippen LogP contribution in [0.4, 0.5) is 10.8 Å². The van der Waals surface area contributed by atoms with Gasteiger partial charge in [0.2, 0.25) is 21.8 Å². The number of anilines is 2. The summed E-state index contributed by atoms with van der Waals surface area (Å²) in [4.78, 5) is 31.7. The number of amides is 2. The van der Waals surface area contributed by atoms with E-state index in [1.165, 1.54) is 32.7 Å². The number of aryl methyl sites for hydroxylation is 1. The van der Waals surface area contributed by atoms with Crippen molar-refractivity contribution < 1.29 is 18.0 Å². The van der Waals surface area contributed by atoms with E-state index in [9.17, 15) is 18.0 Å². The van der Waals surface area contributed by atoms with Gasteiger partial charge in [0.15, 0.2) is 5.13 Å². The Morgan fingerprint density at radius 2 is 1.93 bits per heavy atom. The molecule has 1 unspecified atom stereocenters. The molecule has 29 heavy (non-hydrogen) atoms. The first-order valence-electron chi connectivity index (χ1n) is 9.40. The zero-order valence-electron chi connectivity index (χ0n) is 16.6. The first-order valence-corrected chi connectivity index (χ1v) is 11.7. The van der Waals surface area contributed by atoms with E-state index in [0.29, 0.717) is 23.9 Å². The van der Waals surface area contributed by atoms with Gasteiger partial charge in [0.05, 0.1) is 10.8 Å². The number of sulfonamides is 1. The monoisotopic (exact) mass is 436 g/mol. The van der Waals surface area contributed by atoms with E-state index in [4.69, 9.17) is 0 Å². The standard InChI is InChI=1S/C19H24N4O4S2/c1-4-22(5-2)29(26,27)16-8-6-15(7-9-16)23-12-14(10-17(23)24)18(25)21-19-20-11-13(3)28-19/h6-9,11,14H,4-5,10,12H2,1-3H3,(H,20,21,25). The third-order valence-electron chi connectivity index (χ3n) is 4.84. The Morgan fingerprint density at radius 3 is 2.48 bits per heavy atom. The fourth-order valence-corrected chi connectivity index (χ4v) is 5.39. The quantitative estimate of drug-likeness (QED) is 0.719. The Balaban J connectivity index is 1.71. The number of nitrogens with zero attached hydrogens (tertiary/aromatic N) is 3. The first-order chi connectivity index (χ1) is 13.8. The predicted octanol–water partition coefficient (Wildman–Crippen LogP) is 2.47. The van der Waals surface area contributed by atoms with Crippen LogP contribution in [0.15, 0.2) is 35.4 Å². The Labute approximate surface area is 174 Å². The van der Waals surface area contributed by atoms with E-state index in [1.54, 1.807) is 32.2 Å². The summed E-state index contributed by atoms with van der Waals surface area (Å²) in [5.74, 6) is -0.887. The average molecular weight is 437 g/mol. The second-order valence-corrected chi connectivity index (χ2v) is 9.93. The molecule has 1 fully saturated rings. The van der Waals surface area contributed by atoms with Crippen LogP contribution in [0.2, 0.25) is 0 Å². The molecule has 0 bridgehead atoms. The van der Waals surface area contributed by atoms with Crippen molar-refractivity contribution in [2.45, 2.75) is 32.1 Å². The minimum Gasteiger partial charge on any atom is -0.312 e. The SMILES string of the molecule is CCN(CC)S(=O)(=O)c1ccc(N2CC(C(=O)Nc3ncc(C)s3)CC2=O)cc1. The van der Waals surface area contributed by atoms with E-state index in [0.717, 1.165) is 4.88 Å². The number of thiazole rings is 1. The molecule has 0 saturated carbocycles. The third-order valence-corrected chi connectivity index (χ3v) is 7.73. The van der Waals surface area contributed by atoms with Crippen molar-refractivity contribution in [1.29, 1.82) is 0 Å². The van der Waals surface area contributed by atoms with E-state index in [-0.39, 0.29) is 29.7 Å². The summed E-state index contributed by atoms with van der Waals surface area (Å²) < 4.78 is 26.6. The Bertz CT molecular complexity index is 997. The van der Waals surface area contributed by atoms with Crippen LogP contribution in [-0.2, 0) is 19.6 Å². The van der Waals surface area contributed by atoms with Crippen molar-refractivity contribution in [2.75, 3.05) is 29.9 Å². The molecule has 10 heteroatoms. The van der Waals surface area contributed by atoms with Crippen LogP contribution in [0.3, 0.4) is 0 Å². The predicted molar refractivity (Wildman–Crippen MR) is 112 cm³/mol. The zero-order chi connectivity index (χ0) is 21.2. The maximum absolute atomic E-state index is 12.6. The van der Waals surface area contributed by atoms with Gasteiger partial charge in [-0.3, -0.25) is 9.59 Å². The molecule has 1 aliphatic rings. The fraction of sp³-hybridized carbons (Fsp3) is 0.421. The number of carbonyl (C=O) groups excluding carboxylic acids is 2. The lowest BCUT2D eigenvalue weighted by Gasteiger charge is -2.20. The van der Waals surface area contributed by atoms with Crippen molar-refractivity contribution in [3.05, 3.63) is 35.3 Å². The maximum atomic E-state index is 12.6. The molecule has 0 radical (unpaired) electrons. The smallest absolute Gasteiger partial charge is 0.243 e. The molecule has 1 atom stereocenters. The number of aromatic nitrogens is 1. The molecule has 1 saturated heterocycles. The average Bonchev–Trinajstić information content (AvgIpc) is 3.28. The van der Waals surface area contributed by atoms with Crippen LogP contribution in [0.1, 0.15) is 25.1 Å². The molecule has 1 aliphatic heterocycles. The van der Waals surface area contributed by atoms with Crippen molar-refractivity contribution in [3.8, 4) is 0 Å². The lowest BCUT2D eigenvalue weighted by molar-refractivity contribution is -0.122. The van der Waals surface area contributed by atoms with Crippen LogP contribution < -0.4 is 10.2 Å². The topological polar surface area (TPSA) is 99.7 Å². The summed E-state index contributed by atoms with van der Waals surface area (Å²) >= 11 is 1.38. The van der Waals surface area contributed by atoms with Crippen molar-refractivity contribution in [1.82, 2.24) is 9.29 Å². The minimum absolute atomic E-state index is 0.107. The Morgan fingerprint density at radius 1 is 1.28 bits per heavy atom. The van der Waals surface area contributed by atoms with E-state index in [1.807, 2.05) is 6.92 Å². The summed E-state index contributed by atoms with van der Waals surface area (Å²) in [6.07, 6.45) is 1.79. The fourth-order valence-electron chi connectivity index (χ4n) is 3.26. The number of hydrogen-bond acceptors (Lipinski definition) is 6. The molecule has 1 aromatic carbocycles. The molecule has 0 aliphatic carbocycles. The van der Waals surface area contributed by atoms with Gasteiger partial charge in [-0.2, -0.15) is 4.31 Å². The van der Waals surface area contributed by atoms with Crippen molar-refractivity contribution >= 4 is 44.0 Å². The van der Waals surface area contributed by atoms with Gasteiger partial charge in [0.1, 0.15) is 0 Å². The number of benzene rings is 1. The highest BCUT2D eigenvalue weighted by molar-refractivity contribution is 7.89. The number of carbonyl (C=O) groups is 2. The third kappa shape index (κ3) is 4.49. The Hall–Kier alpha value is -2.30. The largest absolute Gasteiger partial charge is 0.312 e. The summed E-state index contributed by atoms with van der Waals surface area (Å²) in [5.41, 5.74) is 0.578. The highest BCUT2D eigenvalue weighted by Gasteiger charge is 2.35. The minimum atomic E-state index is -3.55. The van der Waals surface area contributed by atoms with Gasteiger partial charge in [0.25, 0.3) is 0 Å². The molecule has 3 rings (SSSR count). The zero-order valence-corrected chi connectivity index (χ0v) is 18.2. The first kappa shape index (κ1) is 21.4. The van der Waals surface area contributed by atoms with Crippen molar-refractivity contribution in [3.63, 3.8) is 0 Å². The number of hydrogen-bond donors (Lipinski definition) is 1. The second-order valence-electron chi connectivity index (χ2n) is 6.75. The molecular weight excluding hydrogens is 412 g/mol.